The van der Waals surface area contributed by atoms with Gasteiger partial charge in [-0.2, -0.15) is 0 Å². The summed E-state index contributed by atoms with van der Waals surface area (Å²) in [5.74, 6) is -0.999. The molecule has 0 aliphatic rings. The van der Waals surface area contributed by atoms with Crippen LogP contribution in [0.25, 0.3) is 11.0 Å². The first kappa shape index (κ1) is 9.39. The standard InChI is InChI=1S/C10H9N3O2/c1-2-8(10(14)15)13-9-6-4-3-5-7(9)11-12-13/h2-6,8H,1H2,(H,14,15). The minimum Gasteiger partial charge on any atom is -0.479 e. The van der Waals surface area contributed by atoms with Gasteiger partial charge in [0.25, 0.3) is 0 Å². The van der Waals surface area contributed by atoms with Crippen LogP contribution in [0.5, 0.6) is 0 Å². The molecule has 76 valence electrons. The molecule has 0 aliphatic carbocycles. The molecule has 1 aromatic heterocycles. The van der Waals surface area contributed by atoms with Gasteiger partial charge < -0.3 is 5.11 Å². The molecule has 5 nitrogen and oxygen atoms in total. The maximum absolute atomic E-state index is 10.9. The topological polar surface area (TPSA) is 68.0 Å². The predicted octanol–water partition coefficient (Wildman–Crippen LogP) is 1.24. The molecule has 5 heteroatoms. The number of carboxylic acid groups (broad SMARTS) is 1. The summed E-state index contributed by atoms with van der Waals surface area (Å²) < 4.78 is 1.34. The highest BCUT2D eigenvalue weighted by atomic mass is 16.4. The van der Waals surface area contributed by atoms with Gasteiger partial charge in [-0.1, -0.05) is 23.4 Å². The lowest BCUT2D eigenvalue weighted by Crippen LogP contribution is -2.17. The molecular formula is C10H9N3O2. The van der Waals surface area contributed by atoms with Crippen molar-refractivity contribution < 1.29 is 9.90 Å². The maximum Gasteiger partial charge on any atom is 0.332 e. The Bertz CT molecular complexity index is 518. The molecule has 0 bridgehead atoms. The second-order valence-corrected chi connectivity index (χ2v) is 3.04. The third kappa shape index (κ3) is 1.48. The zero-order valence-electron chi connectivity index (χ0n) is 7.87. The zero-order chi connectivity index (χ0) is 10.8. The number of aliphatic carboxylic acids is 1. The van der Waals surface area contributed by atoms with Crippen LogP contribution in [0.15, 0.2) is 36.9 Å². The van der Waals surface area contributed by atoms with Crippen molar-refractivity contribution in [1.82, 2.24) is 15.0 Å². The van der Waals surface area contributed by atoms with Crippen LogP contribution < -0.4 is 0 Å². The SMILES string of the molecule is C=CC(C(=O)O)n1nnc2ccccc21. The van der Waals surface area contributed by atoms with Crippen LogP contribution in [0.2, 0.25) is 0 Å². The second kappa shape index (κ2) is 3.53. The average molecular weight is 203 g/mol. The molecule has 0 saturated carbocycles. The summed E-state index contributed by atoms with van der Waals surface area (Å²) in [6.07, 6.45) is 1.32. The van der Waals surface area contributed by atoms with Gasteiger partial charge in [-0.3, -0.25) is 0 Å². The molecular weight excluding hydrogens is 194 g/mol. The van der Waals surface area contributed by atoms with Gasteiger partial charge in [0.15, 0.2) is 6.04 Å². The van der Waals surface area contributed by atoms with E-state index in [0.717, 1.165) is 0 Å². The number of benzene rings is 1. The molecule has 1 heterocycles. The van der Waals surface area contributed by atoms with E-state index in [1.165, 1.54) is 10.8 Å². The first-order valence-corrected chi connectivity index (χ1v) is 4.39. The molecule has 1 N–H and O–H groups in total. The summed E-state index contributed by atoms with van der Waals surface area (Å²) in [6.45, 7) is 3.48. The van der Waals surface area contributed by atoms with Crippen molar-refractivity contribution in [2.45, 2.75) is 6.04 Å². The number of aromatic nitrogens is 3. The van der Waals surface area contributed by atoms with Crippen molar-refractivity contribution >= 4 is 17.0 Å². The van der Waals surface area contributed by atoms with E-state index < -0.39 is 12.0 Å². The van der Waals surface area contributed by atoms with E-state index in [9.17, 15) is 4.79 Å². The predicted molar refractivity (Wildman–Crippen MR) is 54.4 cm³/mol. The van der Waals surface area contributed by atoms with Gasteiger partial charge in [-0.15, -0.1) is 11.7 Å². The van der Waals surface area contributed by atoms with Gasteiger partial charge in [0.2, 0.25) is 0 Å². The fraction of sp³-hybridized carbons (Fsp3) is 0.100. The number of nitrogens with zero attached hydrogens (tertiary/aromatic N) is 3. The van der Waals surface area contributed by atoms with Gasteiger partial charge >= 0.3 is 5.97 Å². The van der Waals surface area contributed by atoms with Gasteiger partial charge in [-0.05, 0) is 12.1 Å². The summed E-state index contributed by atoms with van der Waals surface area (Å²) in [5, 5.41) is 16.6. The average Bonchev–Trinajstić information content (AvgIpc) is 2.63. The molecule has 0 fully saturated rings. The van der Waals surface area contributed by atoms with E-state index in [2.05, 4.69) is 16.9 Å². The summed E-state index contributed by atoms with van der Waals surface area (Å²) in [5.41, 5.74) is 1.36. The zero-order valence-corrected chi connectivity index (χ0v) is 7.87. The quantitative estimate of drug-likeness (QED) is 0.762. The normalized spacial score (nSPS) is 12.5. The van der Waals surface area contributed by atoms with E-state index in [1.54, 1.807) is 12.1 Å². The van der Waals surface area contributed by atoms with Crippen LogP contribution in [0, 0.1) is 0 Å². The Morgan fingerprint density at radius 2 is 2.27 bits per heavy atom. The van der Waals surface area contributed by atoms with E-state index in [1.807, 2.05) is 12.1 Å². The number of fused-ring (bicyclic) bond motifs is 1. The van der Waals surface area contributed by atoms with Crippen LogP contribution in [0.1, 0.15) is 6.04 Å². The molecule has 15 heavy (non-hydrogen) atoms. The van der Waals surface area contributed by atoms with Crippen LogP contribution in [0.4, 0.5) is 0 Å². The molecule has 0 saturated heterocycles. The van der Waals surface area contributed by atoms with Crippen molar-refractivity contribution in [3.63, 3.8) is 0 Å². The molecule has 1 unspecified atom stereocenters. The number of hydrogen-bond acceptors (Lipinski definition) is 3. The van der Waals surface area contributed by atoms with Crippen molar-refractivity contribution in [2.24, 2.45) is 0 Å². The molecule has 2 aromatic rings. The second-order valence-electron chi connectivity index (χ2n) is 3.04. The first-order valence-electron chi connectivity index (χ1n) is 4.39. The third-order valence-electron chi connectivity index (χ3n) is 2.12. The van der Waals surface area contributed by atoms with E-state index in [4.69, 9.17) is 5.11 Å². The lowest BCUT2D eigenvalue weighted by atomic mass is 10.2. The lowest BCUT2D eigenvalue weighted by Gasteiger charge is -2.07. The third-order valence-corrected chi connectivity index (χ3v) is 2.12. The van der Waals surface area contributed by atoms with Crippen molar-refractivity contribution in [1.29, 1.82) is 0 Å². The Morgan fingerprint density at radius 3 is 2.93 bits per heavy atom. The Morgan fingerprint density at radius 1 is 1.53 bits per heavy atom. The lowest BCUT2D eigenvalue weighted by molar-refractivity contribution is -0.139. The van der Waals surface area contributed by atoms with Gasteiger partial charge in [0.1, 0.15) is 5.52 Å². The largest absolute Gasteiger partial charge is 0.479 e. The summed E-state index contributed by atoms with van der Waals surface area (Å²) in [4.78, 5) is 10.9. The molecule has 2 rings (SSSR count). The van der Waals surface area contributed by atoms with Crippen LogP contribution in [-0.2, 0) is 4.79 Å². The Hall–Kier alpha value is -2.17. The van der Waals surface area contributed by atoms with Crippen LogP contribution >= 0.6 is 0 Å². The van der Waals surface area contributed by atoms with E-state index >= 15 is 0 Å². The van der Waals surface area contributed by atoms with Crippen molar-refractivity contribution in [3.8, 4) is 0 Å². The van der Waals surface area contributed by atoms with Gasteiger partial charge in [0.05, 0.1) is 5.52 Å². The van der Waals surface area contributed by atoms with Crippen LogP contribution in [-0.4, -0.2) is 26.1 Å². The first-order chi connectivity index (χ1) is 7.24. The monoisotopic (exact) mass is 203 g/mol. The summed E-state index contributed by atoms with van der Waals surface area (Å²) >= 11 is 0. The van der Waals surface area contributed by atoms with Gasteiger partial charge in [-0.25, -0.2) is 9.48 Å². The molecule has 0 spiro atoms. The molecule has 0 amide bonds. The van der Waals surface area contributed by atoms with Crippen molar-refractivity contribution in [2.75, 3.05) is 0 Å². The van der Waals surface area contributed by atoms with Gasteiger partial charge in [0, 0.05) is 0 Å². The fourth-order valence-corrected chi connectivity index (χ4v) is 1.40. The fourth-order valence-electron chi connectivity index (χ4n) is 1.40. The summed E-state index contributed by atoms with van der Waals surface area (Å²) in [6, 6.07) is 6.31. The highest BCUT2D eigenvalue weighted by Gasteiger charge is 2.18. The molecule has 0 aliphatic heterocycles. The van der Waals surface area contributed by atoms with Crippen LogP contribution in [0.3, 0.4) is 0 Å². The van der Waals surface area contributed by atoms with E-state index in [0.29, 0.717) is 11.0 Å². The number of carboxylic acids is 1. The Kier molecular flexibility index (Phi) is 2.21. The Labute approximate surface area is 85.6 Å². The maximum atomic E-state index is 10.9. The number of rotatable bonds is 3. The van der Waals surface area contributed by atoms with E-state index in [-0.39, 0.29) is 0 Å². The summed E-state index contributed by atoms with van der Waals surface area (Å²) in [7, 11) is 0. The minimum absolute atomic E-state index is 0.672. The Balaban J connectivity index is 2.60. The number of para-hydroxylation sites is 1. The molecule has 1 aromatic carbocycles. The highest BCUT2D eigenvalue weighted by Crippen LogP contribution is 2.16. The van der Waals surface area contributed by atoms with Crippen molar-refractivity contribution in [3.05, 3.63) is 36.9 Å². The minimum atomic E-state index is -0.999. The molecule has 1 atom stereocenters. The number of hydrogen-bond donors (Lipinski definition) is 1. The smallest absolute Gasteiger partial charge is 0.332 e. The highest BCUT2D eigenvalue weighted by molar-refractivity contribution is 5.79. The molecule has 0 radical (unpaired) electrons. The number of carbonyl (C=O) groups is 1.